The Labute approximate surface area is 163 Å². The number of phenolic OH excluding ortho intramolecular Hbond substituents is 1. The lowest BCUT2D eigenvalue weighted by molar-refractivity contribution is -0.155. The van der Waals surface area contributed by atoms with Crippen molar-refractivity contribution < 1.29 is 19.4 Å². The maximum atomic E-state index is 13.0. The van der Waals surface area contributed by atoms with Gasteiger partial charge < -0.3 is 19.6 Å². The van der Waals surface area contributed by atoms with Gasteiger partial charge in [-0.25, -0.2) is 0 Å². The van der Waals surface area contributed by atoms with Gasteiger partial charge in [-0.05, 0) is 31.4 Å². The number of carbonyl (C=O) groups excluding carboxylic acids is 2. The number of benzene rings is 1. The first-order valence-corrected chi connectivity index (χ1v) is 9.59. The number of hydrogen-bond donors (Lipinski definition) is 1. The van der Waals surface area contributed by atoms with Gasteiger partial charge in [-0.1, -0.05) is 12.1 Å². The second kappa shape index (κ2) is 7.05. The van der Waals surface area contributed by atoms with Crippen LogP contribution < -0.4 is 0 Å². The number of aromatic hydroxyl groups is 1. The number of carbonyl (C=O) groups is 2. The molecule has 0 bridgehead atoms. The number of rotatable bonds is 2. The number of fused-ring (bicyclic) bond motifs is 1. The zero-order valence-corrected chi connectivity index (χ0v) is 16.2. The van der Waals surface area contributed by atoms with Gasteiger partial charge in [0.15, 0.2) is 5.75 Å². The molecule has 1 aromatic carbocycles. The Bertz CT molecular complexity index is 921. The number of hydrogen-bond acceptors (Lipinski definition) is 5. The highest BCUT2D eigenvalue weighted by molar-refractivity contribution is 6.02. The van der Waals surface area contributed by atoms with Crippen molar-refractivity contribution in [2.24, 2.45) is 5.41 Å². The summed E-state index contributed by atoms with van der Waals surface area (Å²) in [6.45, 7) is 1.57. The molecule has 2 aromatic rings. The van der Waals surface area contributed by atoms with Crippen LogP contribution in [0.3, 0.4) is 0 Å². The Morgan fingerprint density at radius 2 is 2.04 bits per heavy atom. The number of piperidine rings is 2. The predicted molar refractivity (Wildman–Crippen MR) is 104 cm³/mol. The van der Waals surface area contributed by atoms with Gasteiger partial charge >= 0.3 is 0 Å². The molecule has 148 valence electrons. The maximum Gasteiger partial charge on any atom is 0.257 e. The lowest BCUT2D eigenvalue weighted by Crippen LogP contribution is -2.57. The Morgan fingerprint density at radius 1 is 1.29 bits per heavy atom. The van der Waals surface area contributed by atoms with Gasteiger partial charge in [0.05, 0.1) is 17.1 Å². The Hall–Kier alpha value is -2.67. The van der Waals surface area contributed by atoms with E-state index in [4.69, 9.17) is 4.74 Å². The summed E-state index contributed by atoms with van der Waals surface area (Å²) in [6.07, 6.45) is 3.53. The maximum absolute atomic E-state index is 13.0. The number of ether oxygens (including phenoxy) is 1. The van der Waals surface area contributed by atoms with Crippen LogP contribution >= 0.6 is 0 Å². The smallest absolute Gasteiger partial charge is 0.257 e. The van der Waals surface area contributed by atoms with Crippen LogP contribution in [0.1, 0.15) is 29.6 Å². The van der Waals surface area contributed by atoms with E-state index >= 15 is 0 Å². The third-order valence-electron chi connectivity index (χ3n) is 6.22. The van der Waals surface area contributed by atoms with E-state index in [1.165, 1.54) is 0 Å². The van der Waals surface area contributed by atoms with Crippen LogP contribution in [0.15, 0.2) is 30.5 Å². The summed E-state index contributed by atoms with van der Waals surface area (Å²) in [5.41, 5.74) is 0.218. The zero-order chi connectivity index (χ0) is 19.9. The van der Waals surface area contributed by atoms with Gasteiger partial charge in [-0.15, -0.1) is 0 Å². The van der Waals surface area contributed by atoms with Gasteiger partial charge in [0.1, 0.15) is 5.52 Å². The number of likely N-dealkylation sites (tertiary alicyclic amines) is 2. The number of pyridine rings is 1. The molecule has 2 fully saturated rings. The molecule has 28 heavy (non-hydrogen) atoms. The Morgan fingerprint density at radius 3 is 2.75 bits per heavy atom. The number of nitrogens with zero attached hydrogens (tertiary/aromatic N) is 3. The van der Waals surface area contributed by atoms with Crippen molar-refractivity contribution in [3.8, 4) is 5.75 Å². The molecule has 4 rings (SSSR count). The summed E-state index contributed by atoms with van der Waals surface area (Å²) in [6, 6.07) is 7.08. The van der Waals surface area contributed by atoms with E-state index in [-0.39, 0.29) is 29.2 Å². The van der Waals surface area contributed by atoms with Crippen LogP contribution in [-0.2, 0) is 9.53 Å². The molecule has 1 atom stereocenters. The molecule has 1 spiro atoms. The van der Waals surface area contributed by atoms with Crippen LogP contribution in [0.4, 0.5) is 0 Å². The highest BCUT2D eigenvalue weighted by Gasteiger charge is 2.48. The van der Waals surface area contributed by atoms with Crippen molar-refractivity contribution in [2.45, 2.75) is 25.4 Å². The summed E-state index contributed by atoms with van der Waals surface area (Å²) in [4.78, 5) is 33.5. The molecule has 1 aromatic heterocycles. The lowest BCUT2D eigenvalue weighted by atomic mass is 9.71. The Kier molecular flexibility index (Phi) is 4.71. The molecule has 3 heterocycles. The molecule has 0 aliphatic carbocycles. The molecule has 2 aliphatic heterocycles. The molecule has 2 amide bonds. The van der Waals surface area contributed by atoms with Gasteiger partial charge in [0, 0.05) is 45.4 Å². The highest BCUT2D eigenvalue weighted by atomic mass is 16.5. The Balaban J connectivity index is 1.53. The molecule has 2 aliphatic rings. The van der Waals surface area contributed by atoms with Gasteiger partial charge in [0.2, 0.25) is 5.91 Å². The molecule has 1 N–H and O–H groups in total. The zero-order valence-electron chi connectivity index (χ0n) is 16.2. The van der Waals surface area contributed by atoms with Crippen molar-refractivity contribution in [1.82, 2.24) is 14.8 Å². The van der Waals surface area contributed by atoms with Crippen molar-refractivity contribution in [3.63, 3.8) is 0 Å². The minimum absolute atomic E-state index is 0.0283. The van der Waals surface area contributed by atoms with Gasteiger partial charge in [-0.3, -0.25) is 14.6 Å². The second-order valence-corrected chi connectivity index (χ2v) is 7.86. The van der Waals surface area contributed by atoms with Crippen molar-refractivity contribution in [2.75, 3.05) is 33.8 Å². The van der Waals surface area contributed by atoms with E-state index < -0.39 is 5.41 Å². The van der Waals surface area contributed by atoms with Crippen molar-refractivity contribution in [3.05, 3.63) is 36.0 Å². The van der Waals surface area contributed by atoms with E-state index in [9.17, 15) is 14.7 Å². The number of phenols is 1. The molecular weight excluding hydrogens is 358 g/mol. The van der Waals surface area contributed by atoms with E-state index in [1.807, 2.05) is 13.1 Å². The minimum Gasteiger partial charge on any atom is -0.505 e. The van der Waals surface area contributed by atoms with E-state index in [0.717, 1.165) is 5.39 Å². The molecule has 0 radical (unpaired) electrons. The number of amides is 2. The van der Waals surface area contributed by atoms with E-state index in [0.29, 0.717) is 44.4 Å². The highest BCUT2D eigenvalue weighted by Crippen LogP contribution is 2.42. The van der Waals surface area contributed by atoms with Gasteiger partial charge in [-0.2, -0.15) is 0 Å². The summed E-state index contributed by atoms with van der Waals surface area (Å²) in [5, 5.41) is 11.3. The van der Waals surface area contributed by atoms with Crippen molar-refractivity contribution in [1.29, 1.82) is 0 Å². The number of methoxy groups -OCH3 is 1. The molecule has 1 unspecified atom stereocenters. The minimum atomic E-state index is -0.461. The largest absolute Gasteiger partial charge is 0.505 e. The summed E-state index contributed by atoms with van der Waals surface area (Å²) >= 11 is 0. The first kappa shape index (κ1) is 18.7. The van der Waals surface area contributed by atoms with Crippen LogP contribution in [0.5, 0.6) is 5.75 Å². The lowest BCUT2D eigenvalue weighted by Gasteiger charge is -2.47. The third-order valence-corrected chi connectivity index (χ3v) is 6.22. The van der Waals surface area contributed by atoms with Crippen molar-refractivity contribution >= 4 is 22.7 Å². The summed E-state index contributed by atoms with van der Waals surface area (Å²) in [7, 11) is 3.49. The van der Waals surface area contributed by atoms with Gasteiger partial charge in [0.25, 0.3) is 5.91 Å². The predicted octanol–water partition coefficient (Wildman–Crippen LogP) is 2.04. The average molecular weight is 383 g/mol. The van der Waals surface area contributed by atoms with Crippen LogP contribution in [0.2, 0.25) is 0 Å². The van der Waals surface area contributed by atoms with Crippen LogP contribution in [0, 0.1) is 5.41 Å². The fourth-order valence-electron chi connectivity index (χ4n) is 4.57. The molecule has 7 nitrogen and oxygen atoms in total. The fraction of sp³-hybridized carbons (Fsp3) is 0.476. The molecular formula is C21H25N3O4. The first-order valence-electron chi connectivity index (χ1n) is 9.59. The number of likely N-dealkylation sites (N-methyl/N-ethyl adjacent to an activating group) is 1. The molecule has 2 saturated heterocycles. The summed E-state index contributed by atoms with van der Waals surface area (Å²) in [5.74, 6) is -0.165. The molecule has 0 saturated carbocycles. The standard InChI is InChI=1S/C21H25N3O4/c1-23-13-15(28-2)12-21(20(23)27)7-10-24(11-8-21)19(26)16-6-5-14-4-3-9-22-17(14)18(16)25/h3-6,9,15,25H,7-8,10-13H2,1-2H3. The monoisotopic (exact) mass is 383 g/mol. The van der Waals surface area contributed by atoms with Crippen LogP contribution in [0.25, 0.3) is 10.9 Å². The topological polar surface area (TPSA) is 83.0 Å². The van der Waals surface area contributed by atoms with Crippen LogP contribution in [-0.4, -0.2) is 71.6 Å². The number of aromatic nitrogens is 1. The normalized spacial score (nSPS) is 22.1. The molecule has 7 heteroatoms. The second-order valence-electron chi connectivity index (χ2n) is 7.86. The van der Waals surface area contributed by atoms with E-state index in [1.54, 1.807) is 41.3 Å². The fourth-order valence-corrected chi connectivity index (χ4v) is 4.57. The summed E-state index contributed by atoms with van der Waals surface area (Å²) < 4.78 is 5.52. The van der Waals surface area contributed by atoms with E-state index in [2.05, 4.69) is 4.98 Å². The first-order chi connectivity index (χ1) is 13.4. The quantitative estimate of drug-likeness (QED) is 0.858. The third kappa shape index (κ3) is 2.99. The SMILES string of the molecule is COC1CN(C)C(=O)C2(CCN(C(=O)c3ccc4cccnc4c3O)CC2)C1. The average Bonchev–Trinajstić information content (AvgIpc) is 2.72.